The molecule has 0 aliphatic heterocycles. The lowest BCUT2D eigenvalue weighted by atomic mass is 10.2. The molecule has 0 aromatic carbocycles. The van der Waals surface area contributed by atoms with Gasteiger partial charge in [-0.15, -0.1) is 0 Å². The quantitative estimate of drug-likeness (QED) is 0.345. The van der Waals surface area contributed by atoms with E-state index < -0.39 is 11.8 Å². The van der Waals surface area contributed by atoms with Crippen LogP contribution < -0.4 is 11.5 Å². The van der Waals surface area contributed by atoms with Crippen LogP contribution in [0.15, 0.2) is 12.7 Å². The second kappa shape index (κ2) is 4.10. The molecule has 0 aliphatic carbocycles. The van der Waals surface area contributed by atoms with Crippen molar-refractivity contribution in [2.45, 2.75) is 25.6 Å². The van der Waals surface area contributed by atoms with Crippen LogP contribution in [0.3, 0.4) is 0 Å². The number of ether oxygens (including phenoxy) is 1. The smallest absolute Gasteiger partial charge is 0.332 e. The largest absolute Gasteiger partial charge is 0.428 e. The molecule has 0 spiro atoms. The zero-order chi connectivity index (χ0) is 8.91. The molecule has 0 aliphatic rings. The van der Waals surface area contributed by atoms with Crippen LogP contribution in [0.1, 0.15) is 19.8 Å². The SMILES string of the molecule is C=CC(=O)OC(N)(N)CCC. The van der Waals surface area contributed by atoms with Crippen molar-refractivity contribution >= 4 is 5.97 Å². The Morgan fingerprint density at radius 3 is 2.64 bits per heavy atom. The van der Waals surface area contributed by atoms with Gasteiger partial charge in [-0.2, -0.15) is 0 Å². The zero-order valence-corrected chi connectivity index (χ0v) is 6.67. The highest BCUT2D eigenvalue weighted by Crippen LogP contribution is 2.04. The summed E-state index contributed by atoms with van der Waals surface area (Å²) >= 11 is 0. The minimum Gasteiger partial charge on any atom is -0.428 e. The number of hydrogen-bond acceptors (Lipinski definition) is 4. The summed E-state index contributed by atoms with van der Waals surface area (Å²) in [5, 5.41) is 0. The average molecular weight is 158 g/mol. The average Bonchev–Trinajstić information content (AvgIpc) is 1.86. The van der Waals surface area contributed by atoms with E-state index >= 15 is 0 Å². The Morgan fingerprint density at radius 2 is 2.27 bits per heavy atom. The molecule has 0 amide bonds. The number of carbonyl (C=O) groups is 1. The second-order valence-corrected chi connectivity index (χ2v) is 2.33. The summed E-state index contributed by atoms with van der Waals surface area (Å²) < 4.78 is 4.63. The van der Waals surface area contributed by atoms with E-state index in [0.717, 1.165) is 12.5 Å². The molecule has 4 N–H and O–H groups in total. The molecule has 0 saturated carbocycles. The van der Waals surface area contributed by atoms with Gasteiger partial charge in [0.05, 0.1) is 0 Å². The fourth-order valence-corrected chi connectivity index (χ4v) is 0.671. The topological polar surface area (TPSA) is 78.3 Å². The van der Waals surface area contributed by atoms with Crippen LogP contribution >= 0.6 is 0 Å². The molecule has 0 fully saturated rings. The van der Waals surface area contributed by atoms with Crippen molar-refractivity contribution in [2.24, 2.45) is 11.5 Å². The Balaban J connectivity index is 3.89. The highest BCUT2D eigenvalue weighted by Gasteiger charge is 2.21. The fraction of sp³-hybridized carbons (Fsp3) is 0.571. The predicted octanol–water partition coefficient (Wildman–Crippen LogP) is 0.0869. The Kier molecular flexibility index (Phi) is 3.78. The number of carbonyl (C=O) groups excluding carboxylic acids is 1. The Bertz CT molecular complexity index is 155. The van der Waals surface area contributed by atoms with Gasteiger partial charge in [-0.25, -0.2) is 4.79 Å². The Morgan fingerprint density at radius 1 is 1.73 bits per heavy atom. The molecule has 4 heteroatoms. The van der Waals surface area contributed by atoms with Gasteiger partial charge >= 0.3 is 5.97 Å². The van der Waals surface area contributed by atoms with Gasteiger partial charge in [-0.3, -0.25) is 11.5 Å². The first kappa shape index (κ1) is 10.1. The molecule has 0 saturated heterocycles. The van der Waals surface area contributed by atoms with Crippen molar-refractivity contribution in [1.82, 2.24) is 0 Å². The van der Waals surface area contributed by atoms with Crippen molar-refractivity contribution in [2.75, 3.05) is 0 Å². The van der Waals surface area contributed by atoms with Crippen LogP contribution in [0, 0.1) is 0 Å². The van der Waals surface area contributed by atoms with Gasteiger partial charge < -0.3 is 4.74 Å². The van der Waals surface area contributed by atoms with Gasteiger partial charge in [0, 0.05) is 12.5 Å². The molecule has 4 nitrogen and oxygen atoms in total. The van der Waals surface area contributed by atoms with Crippen molar-refractivity contribution in [1.29, 1.82) is 0 Å². The molecule has 11 heavy (non-hydrogen) atoms. The first-order valence-corrected chi connectivity index (χ1v) is 3.45. The van der Waals surface area contributed by atoms with E-state index in [4.69, 9.17) is 11.5 Å². The third-order valence-electron chi connectivity index (χ3n) is 1.10. The number of hydrogen-bond donors (Lipinski definition) is 2. The molecule has 0 rings (SSSR count). The number of nitrogens with two attached hydrogens (primary N) is 2. The van der Waals surface area contributed by atoms with Crippen molar-refractivity contribution in [3.63, 3.8) is 0 Å². The van der Waals surface area contributed by atoms with Gasteiger partial charge in [-0.1, -0.05) is 13.5 Å². The van der Waals surface area contributed by atoms with E-state index in [1.165, 1.54) is 0 Å². The van der Waals surface area contributed by atoms with E-state index in [1.807, 2.05) is 6.92 Å². The second-order valence-electron chi connectivity index (χ2n) is 2.33. The summed E-state index contributed by atoms with van der Waals surface area (Å²) in [4.78, 5) is 10.6. The summed E-state index contributed by atoms with van der Waals surface area (Å²) in [5.74, 6) is -1.94. The lowest BCUT2D eigenvalue weighted by molar-refractivity contribution is -0.153. The summed E-state index contributed by atoms with van der Waals surface area (Å²) in [6, 6.07) is 0. The molecule has 0 unspecified atom stereocenters. The molecule has 0 heterocycles. The summed E-state index contributed by atoms with van der Waals surface area (Å²) in [7, 11) is 0. The van der Waals surface area contributed by atoms with Crippen LogP contribution in [0.4, 0.5) is 0 Å². The molecule has 0 aromatic rings. The van der Waals surface area contributed by atoms with Gasteiger partial charge in [-0.05, 0) is 6.42 Å². The lowest BCUT2D eigenvalue weighted by Gasteiger charge is -2.22. The molecule has 0 bridgehead atoms. The summed E-state index contributed by atoms with van der Waals surface area (Å²) in [6.45, 7) is 5.12. The normalized spacial score (nSPS) is 10.8. The minimum absolute atomic E-state index is 0.437. The third kappa shape index (κ3) is 4.52. The van der Waals surface area contributed by atoms with Crippen LogP contribution in [-0.2, 0) is 9.53 Å². The molecule has 0 atom stereocenters. The van der Waals surface area contributed by atoms with Gasteiger partial charge in [0.1, 0.15) is 0 Å². The summed E-state index contributed by atoms with van der Waals surface area (Å²) in [6.07, 6.45) is 2.23. The highest BCUT2D eigenvalue weighted by molar-refractivity contribution is 5.81. The van der Waals surface area contributed by atoms with E-state index in [0.29, 0.717) is 6.42 Å². The van der Waals surface area contributed by atoms with Crippen molar-refractivity contribution in [3.8, 4) is 0 Å². The molecule has 0 radical (unpaired) electrons. The molecular weight excluding hydrogens is 144 g/mol. The Hall–Kier alpha value is -0.870. The van der Waals surface area contributed by atoms with E-state index in [2.05, 4.69) is 11.3 Å². The van der Waals surface area contributed by atoms with Gasteiger partial charge in [0.2, 0.25) is 5.85 Å². The first-order chi connectivity index (χ1) is 5.02. The maximum absolute atomic E-state index is 10.6. The molecular formula is C7H14N2O2. The first-order valence-electron chi connectivity index (χ1n) is 3.45. The lowest BCUT2D eigenvalue weighted by Crippen LogP contribution is -2.52. The zero-order valence-electron chi connectivity index (χ0n) is 6.67. The predicted molar refractivity (Wildman–Crippen MR) is 42.3 cm³/mol. The third-order valence-corrected chi connectivity index (χ3v) is 1.10. The maximum Gasteiger partial charge on any atom is 0.332 e. The van der Waals surface area contributed by atoms with E-state index in [-0.39, 0.29) is 0 Å². The molecule has 0 aromatic heterocycles. The fourth-order valence-electron chi connectivity index (χ4n) is 0.671. The molecule has 64 valence electrons. The van der Waals surface area contributed by atoms with E-state index in [9.17, 15) is 4.79 Å². The van der Waals surface area contributed by atoms with Crippen LogP contribution in [0.2, 0.25) is 0 Å². The maximum atomic E-state index is 10.6. The standard InChI is InChI=1S/C7H14N2O2/c1-3-5-7(8,9)11-6(10)4-2/h4H,2-3,5,8-9H2,1H3. The van der Waals surface area contributed by atoms with Crippen molar-refractivity contribution < 1.29 is 9.53 Å². The van der Waals surface area contributed by atoms with Crippen molar-refractivity contribution in [3.05, 3.63) is 12.7 Å². The Labute approximate surface area is 66.2 Å². The monoisotopic (exact) mass is 158 g/mol. The van der Waals surface area contributed by atoms with Gasteiger partial charge in [0.15, 0.2) is 0 Å². The highest BCUT2D eigenvalue weighted by atomic mass is 16.6. The van der Waals surface area contributed by atoms with Crippen LogP contribution in [0.5, 0.6) is 0 Å². The van der Waals surface area contributed by atoms with E-state index in [1.54, 1.807) is 0 Å². The summed E-state index contributed by atoms with van der Waals surface area (Å²) in [5.41, 5.74) is 10.8. The van der Waals surface area contributed by atoms with Crippen LogP contribution in [-0.4, -0.2) is 11.8 Å². The van der Waals surface area contributed by atoms with Gasteiger partial charge in [0.25, 0.3) is 0 Å². The number of esters is 1. The van der Waals surface area contributed by atoms with Crippen LogP contribution in [0.25, 0.3) is 0 Å². The number of rotatable bonds is 4. The minimum atomic E-state index is -1.35.